The maximum Gasteiger partial charge on any atom is 0.274 e. The number of nitrogens with one attached hydrogen (secondary N) is 2. The molecule has 0 radical (unpaired) electrons. The summed E-state index contributed by atoms with van der Waals surface area (Å²) in [5.74, 6) is 0.402. The highest BCUT2D eigenvalue weighted by molar-refractivity contribution is 9.10. The predicted molar refractivity (Wildman–Crippen MR) is 103 cm³/mol. The van der Waals surface area contributed by atoms with Gasteiger partial charge >= 0.3 is 0 Å². The molecule has 5 nitrogen and oxygen atoms in total. The smallest absolute Gasteiger partial charge is 0.274 e. The van der Waals surface area contributed by atoms with E-state index in [0.717, 1.165) is 15.8 Å². The molecule has 0 bridgehead atoms. The van der Waals surface area contributed by atoms with Gasteiger partial charge in [0, 0.05) is 16.2 Å². The van der Waals surface area contributed by atoms with Crippen LogP contribution < -0.4 is 15.4 Å². The number of halogens is 1. The van der Waals surface area contributed by atoms with Gasteiger partial charge in [-0.2, -0.15) is 0 Å². The third kappa shape index (κ3) is 4.36. The zero-order valence-corrected chi connectivity index (χ0v) is 15.1. The van der Waals surface area contributed by atoms with Crippen molar-refractivity contribution >= 4 is 38.9 Å². The Hall–Kier alpha value is -2.86. The molecular formula is C19H16BrN3O2. The summed E-state index contributed by atoms with van der Waals surface area (Å²) in [7, 11) is 1.58. The molecule has 6 heteroatoms. The average Bonchev–Trinajstić information content (AvgIpc) is 2.64. The summed E-state index contributed by atoms with van der Waals surface area (Å²) in [6.45, 7) is 0. The molecule has 0 saturated heterocycles. The lowest BCUT2D eigenvalue weighted by atomic mass is 10.2. The summed E-state index contributed by atoms with van der Waals surface area (Å²) in [5.41, 5.74) is 2.71. The SMILES string of the molecule is COc1cccc(NC(=O)c2ccc(Nc3ccccc3Br)cn2)c1. The number of pyridine rings is 1. The number of hydrogen-bond donors (Lipinski definition) is 2. The molecule has 0 unspecified atom stereocenters. The molecule has 2 aromatic carbocycles. The maximum atomic E-state index is 12.3. The maximum absolute atomic E-state index is 12.3. The number of carbonyl (C=O) groups is 1. The van der Waals surface area contributed by atoms with E-state index < -0.39 is 0 Å². The fourth-order valence-corrected chi connectivity index (χ4v) is 2.60. The first-order valence-electron chi connectivity index (χ1n) is 7.59. The van der Waals surface area contributed by atoms with E-state index in [0.29, 0.717) is 17.1 Å². The standard InChI is InChI=1S/C19H16BrN3O2/c1-25-15-6-4-5-13(11-15)23-19(24)18-10-9-14(12-21-18)22-17-8-3-2-7-16(17)20/h2-12,22H,1H3,(H,23,24). The van der Waals surface area contributed by atoms with Crippen LogP contribution in [0.25, 0.3) is 0 Å². The van der Waals surface area contributed by atoms with Gasteiger partial charge in [0.2, 0.25) is 0 Å². The lowest BCUT2D eigenvalue weighted by Crippen LogP contribution is -2.13. The first-order valence-corrected chi connectivity index (χ1v) is 8.38. The highest BCUT2D eigenvalue weighted by atomic mass is 79.9. The van der Waals surface area contributed by atoms with Gasteiger partial charge in [0.1, 0.15) is 11.4 Å². The van der Waals surface area contributed by atoms with Crippen molar-refractivity contribution in [1.29, 1.82) is 0 Å². The van der Waals surface area contributed by atoms with E-state index in [-0.39, 0.29) is 5.91 Å². The summed E-state index contributed by atoms with van der Waals surface area (Å²) < 4.78 is 6.10. The number of amides is 1. The van der Waals surface area contributed by atoms with Crippen LogP contribution in [0.2, 0.25) is 0 Å². The number of hydrogen-bond acceptors (Lipinski definition) is 4. The van der Waals surface area contributed by atoms with Gasteiger partial charge < -0.3 is 15.4 Å². The van der Waals surface area contributed by atoms with Crippen LogP contribution in [-0.4, -0.2) is 18.0 Å². The normalized spacial score (nSPS) is 10.2. The molecule has 3 aromatic rings. The third-order valence-corrected chi connectivity index (χ3v) is 4.17. The minimum absolute atomic E-state index is 0.277. The van der Waals surface area contributed by atoms with Crippen LogP contribution in [0.15, 0.2) is 71.3 Å². The highest BCUT2D eigenvalue weighted by Gasteiger charge is 2.08. The molecule has 0 atom stereocenters. The molecule has 3 rings (SSSR count). The van der Waals surface area contributed by atoms with E-state index >= 15 is 0 Å². The van der Waals surface area contributed by atoms with Crippen molar-refractivity contribution < 1.29 is 9.53 Å². The quantitative estimate of drug-likeness (QED) is 0.645. The number of rotatable bonds is 5. The molecule has 25 heavy (non-hydrogen) atoms. The molecule has 1 amide bonds. The second-order valence-corrected chi connectivity index (χ2v) is 6.08. The highest BCUT2D eigenvalue weighted by Crippen LogP contribution is 2.25. The Morgan fingerprint density at radius 1 is 1.04 bits per heavy atom. The van der Waals surface area contributed by atoms with Crippen molar-refractivity contribution in [3.8, 4) is 5.75 Å². The summed E-state index contributed by atoms with van der Waals surface area (Å²) in [6.07, 6.45) is 1.62. The van der Waals surface area contributed by atoms with Gasteiger partial charge in [-0.1, -0.05) is 18.2 Å². The molecule has 0 aliphatic rings. The Balaban J connectivity index is 1.69. The van der Waals surface area contributed by atoms with Gasteiger partial charge in [-0.3, -0.25) is 4.79 Å². The summed E-state index contributed by atoms with van der Waals surface area (Å²) >= 11 is 3.48. The van der Waals surface area contributed by atoms with Crippen LogP contribution in [0.5, 0.6) is 5.75 Å². The number of anilines is 3. The lowest BCUT2D eigenvalue weighted by molar-refractivity contribution is 0.102. The van der Waals surface area contributed by atoms with Crippen LogP contribution >= 0.6 is 15.9 Å². The van der Waals surface area contributed by atoms with Crippen LogP contribution in [0.4, 0.5) is 17.1 Å². The van der Waals surface area contributed by atoms with Crippen LogP contribution in [-0.2, 0) is 0 Å². The number of nitrogens with zero attached hydrogens (tertiary/aromatic N) is 1. The van der Waals surface area contributed by atoms with E-state index in [4.69, 9.17) is 4.74 Å². The van der Waals surface area contributed by atoms with E-state index in [2.05, 4.69) is 31.5 Å². The Morgan fingerprint density at radius 3 is 2.60 bits per heavy atom. The molecule has 0 fully saturated rings. The van der Waals surface area contributed by atoms with Crippen molar-refractivity contribution in [2.45, 2.75) is 0 Å². The van der Waals surface area contributed by atoms with Crippen molar-refractivity contribution in [2.24, 2.45) is 0 Å². The molecule has 0 aliphatic carbocycles. The monoisotopic (exact) mass is 397 g/mol. The number of para-hydroxylation sites is 1. The molecule has 1 heterocycles. The minimum Gasteiger partial charge on any atom is -0.497 e. The Kier molecular flexibility index (Phi) is 5.30. The van der Waals surface area contributed by atoms with E-state index in [9.17, 15) is 4.79 Å². The summed E-state index contributed by atoms with van der Waals surface area (Å²) in [4.78, 5) is 16.5. The second-order valence-electron chi connectivity index (χ2n) is 5.22. The first-order chi connectivity index (χ1) is 12.2. The fourth-order valence-electron chi connectivity index (χ4n) is 2.22. The summed E-state index contributed by atoms with van der Waals surface area (Å²) in [6, 6.07) is 18.4. The van der Waals surface area contributed by atoms with E-state index in [1.165, 1.54) is 0 Å². The zero-order valence-electron chi connectivity index (χ0n) is 13.5. The molecule has 1 aromatic heterocycles. The molecule has 0 aliphatic heterocycles. The van der Waals surface area contributed by atoms with Crippen molar-refractivity contribution in [3.05, 3.63) is 77.0 Å². The predicted octanol–water partition coefficient (Wildman–Crippen LogP) is 4.85. The van der Waals surface area contributed by atoms with Crippen molar-refractivity contribution in [1.82, 2.24) is 4.98 Å². The van der Waals surface area contributed by atoms with Gasteiger partial charge in [-0.15, -0.1) is 0 Å². The number of benzene rings is 2. The summed E-state index contributed by atoms with van der Waals surface area (Å²) in [5, 5.41) is 6.05. The molecule has 0 saturated carbocycles. The fraction of sp³-hybridized carbons (Fsp3) is 0.0526. The molecule has 0 spiro atoms. The zero-order chi connectivity index (χ0) is 17.6. The second kappa shape index (κ2) is 7.81. The van der Waals surface area contributed by atoms with Gasteiger partial charge in [-0.05, 0) is 52.3 Å². The third-order valence-electron chi connectivity index (χ3n) is 3.48. The lowest BCUT2D eigenvalue weighted by Gasteiger charge is -2.09. The van der Waals surface area contributed by atoms with Crippen molar-refractivity contribution in [3.63, 3.8) is 0 Å². The first kappa shape index (κ1) is 17.0. The Morgan fingerprint density at radius 2 is 1.88 bits per heavy atom. The largest absolute Gasteiger partial charge is 0.497 e. The Bertz CT molecular complexity index is 882. The van der Waals surface area contributed by atoms with Gasteiger partial charge in [0.15, 0.2) is 0 Å². The van der Waals surface area contributed by atoms with Crippen LogP contribution in [0.1, 0.15) is 10.5 Å². The van der Waals surface area contributed by atoms with E-state index in [1.54, 1.807) is 31.5 Å². The topological polar surface area (TPSA) is 63.2 Å². The molecule has 126 valence electrons. The average molecular weight is 398 g/mol. The van der Waals surface area contributed by atoms with Crippen LogP contribution in [0, 0.1) is 0 Å². The van der Waals surface area contributed by atoms with Crippen molar-refractivity contribution in [2.75, 3.05) is 17.7 Å². The van der Waals surface area contributed by atoms with Crippen LogP contribution in [0.3, 0.4) is 0 Å². The van der Waals surface area contributed by atoms with Gasteiger partial charge in [0.05, 0.1) is 24.7 Å². The molecular weight excluding hydrogens is 382 g/mol. The minimum atomic E-state index is -0.277. The number of ether oxygens (including phenoxy) is 1. The van der Waals surface area contributed by atoms with E-state index in [1.807, 2.05) is 42.5 Å². The number of carbonyl (C=O) groups excluding carboxylic acids is 1. The Labute approximate surface area is 154 Å². The number of methoxy groups -OCH3 is 1. The van der Waals surface area contributed by atoms with Gasteiger partial charge in [0.25, 0.3) is 5.91 Å². The molecule has 2 N–H and O–H groups in total. The van der Waals surface area contributed by atoms with Gasteiger partial charge in [-0.25, -0.2) is 4.98 Å². The number of aromatic nitrogens is 1.